The van der Waals surface area contributed by atoms with Gasteiger partial charge in [0.2, 0.25) is 0 Å². The smallest absolute Gasteiger partial charge is 0.272 e. The van der Waals surface area contributed by atoms with Gasteiger partial charge in [-0.3, -0.25) is 19.6 Å². The summed E-state index contributed by atoms with van der Waals surface area (Å²) in [5.74, 6) is 0.280. The Kier molecular flexibility index (Phi) is 4.69. The van der Waals surface area contributed by atoms with E-state index in [-0.39, 0.29) is 17.4 Å². The van der Waals surface area contributed by atoms with Gasteiger partial charge in [0.15, 0.2) is 5.82 Å². The number of pyridine rings is 1. The SMILES string of the molecule is O=C(c1ccccn1)N1CCC[C@H](c2cc(=O)[nH]c(-c3cnccn3)n2)C1. The van der Waals surface area contributed by atoms with Gasteiger partial charge in [0, 0.05) is 43.7 Å². The van der Waals surface area contributed by atoms with Gasteiger partial charge in [0.1, 0.15) is 11.4 Å². The maximum Gasteiger partial charge on any atom is 0.272 e. The van der Waals surface area contributed by atoms with Gasteiger partial charge in [-0.1, -0.05) is 6.07 Å². The van der Waals surface area contributed by atoms with E-state index in [9.17, 15) is 9.59 Å². The molecule has 0 aromatic carbocycles. The minimum Gasteiger partial charge on any atom is -0.337 e. The molecule has 1 amide bonds. The molecule has 1 aliphatic rings. The molecule has 4 heterocycles. The molecule has 136 valence electrons. The Morgan fingerprint density at radius 3 is 2.89 bits per heavy atom. The number of aromatic amines is 1. The van der Waals surface area contributed by atoms with Crippen LogP contribution >= 0.6 is 0 Å². The summed E-state index contributed by atoms with van der Waals surface area (Å²) in [5, 5.41) is 0. The molecule has 3 aromatic rings. The molecule has 1 aliphatic heterocycles. The quantitative estimate of drug-likeness (QED) is 0.759. The molecule has 27 heavy (non-hydrogen) atoms. The summed E-state index contributed by atoms with van der Waals surface area (Å²) < 4.78 is 0. The number of hydrogen-bond donors (Lipinski definition) is 1. The highest BCUT2D eigenvalue weighted by atomic mass is 16.2. The van der Waals surface area contributed by atoms with Crippen molar-refractivity contribution in [3.8, 4) is 11.5 Å². The van der Waals surface area contributed by atoms with Crippen molar-refractivity contribution in [1.82, 2.24) is 29.8 Å². The van der Waals surface area contributed by atoms with Crippen LogP contribution in [0.25, 0.3) is 11.5 Å². The Bertz CT molecular complexity index is 990. The van der Waals surface area contributed by atoms with Crippen LogP contribution in [0.1, 0.15) is 34.9 Å². The molecule has 8 nitrogen and oxygen atoms in total. The Morgan fingerprint density at radius 1 is 1.19 bits per heavy atom. The molecule has 1 N–H and O–H groups in total. The molecule has 1 fully saturated rings. The van der Waals surface area contributed by atoms with E-state index in [1.807, 2.05) is 0 Å². The van der Waals surface area contributed by atoms with Crippen LogP contribution in [-0.4, -0.2) is 48.8 Å². The summed E-state index contributed by atoms with van der Waals surface area (Å²) in [7, 11) is 0. The fourth-order valence-electron chi connectivity index (χ4n) is 3.28. The van der Waals surface area contributed by atoms with E-state index in [1.54, 1.807) is 47.9 Å². The highest BCUT2D eigenvalue weighted by Crippen LogP contribution is 2.26. The topological polar surface area (TPSA) is 105 Å². The lowest BCUT2D eigenvalue weighted by Gasteiger charge is -2.32. The van der Waals surface area contributed by atoms with Crippen molar-refractivity contribution in [3.63, 3.8) is 0 Å². The lowest BCUT2D eigenvalue weighted by atomic mass is 9.94. The van der Waals surface area contributed by atoms with Crippen molar-refractivity contribution in [1.29, 1.82) is 0 Å². The lowest BCUT2D eigenvalue weighted by Crippen LogP contribution is -2.39. The summed E-state index contributed by atoms with van der Waals surface area (Å²) in [5.41, 5.74) is 1.36. The van der Waals surface area contributed by atoms with Crippen LogP contribution in [-0.2, 0) is 0 Å². The van der Waals surface area contributed by atoms with Gasteiger partial charge in [0.25, 0.3) is 11.5 Å². The fourth-order valence-corrected chi connectivity index (χ4v) is 3.28. The average molecular weight is 362 g/mol. The van der Waals surface area contributed by atoms with Crippen molar-refractivity contribution < 1.29 is 4.79 Å². The van der Waals surface area contributed by atoms with E-state index in [1.165, 1.54) is 6.07 Å². The second-order valence-electron chi connectivity index (χ2n) is 6.41. The van der Waals surface area contributed by atoms with Gasteiger partial charge in [-0.15, -0.1) is 0 Å². The van der Waals surface area contributed by atoms with Gasteiger partial charge in [-0.25, -0.2) is 9.97 Å². The van der Waals surface area contributed by atoms with Crippen LogP contribution in [0.15, 0.2) is 53.8 Å². The van der Waals surface area contributed by atoms with Gasteiger partial charge in [-0.05, 0) is 25.0 Å². The summed E-state index contributed by atoms with van der Waals surface area (Å²) >= 11 is 0. The zero-order chi connectivity index (χ0) is 18.6. The predicted octanol–water partition coefficient (Wildman–Crippen LogP) is 1.64. The number of nitrogens with one attached hydrogen (secondary N) is 1. The van der Waals surface area contributed by atoms with Crippen LogP contribution in [0.2, 0.25) is 0 Å². The number of H-pyrrole nitrogens is 1. The van der Waals surface area contributed by atoms with Crippen molar-refractivity contribution in [2.45, 2.75) is 18.8 Å². The second-order valence-corrected chi connectivity index (χ2v) is 6.41. The van der Waals surface area contributed by atoms with Crippen LogP contribution in [0.4, 0.5) is 0 Å². The number of piperidine rings is 1. The molecule has 0 bridgehead atoms. The van der Waals surface area contributed by atoms with Crippen molar-refractivity contribution in [2.24, 2.45) is 0 Å². The Hall–Kier alpha value is -3.42. The number of hydrogen-bond acceptors (Lipinski definition) is 6. The lowest BCUT2D eigenvalue weighted by molar-refractivity contribution is 0.0700. The number of nitrogens with zero attached hydrogens (tertiary/aromatic N) is 5. The molecular weight excluding hydrogens is 344 g/mol. The van der Waals surface area contributed by atoms with E-state index in [4.69, 9.17) is 0 Å². The van der Waals surface area contributed by atoms with Crippen molar-refractivity contribution >= 4 is 5.91 Å². The zero-order valence-electron chi connectivity index (χ0n) is 14.6. The Labute approximate surface area is 155 Å². The van der Waals surface area contributed by atoms with Crippen LogP contribution < -0.4 is 5.56 Å². The highest BCUT2D eigenvalue weighted by Gasteiger charge is 2.27. The monoisotopic (exact) mass is 362 g/mol. The summed E-state index contributed by atoms with van der Waals surface area (Å²) in [6, 6.07) is 6.79. The predicted molar refractivity (Wildman–Crippen MR) is 98.0 cm³/mol. The van der Waals surface area contributed by atoms with E-state index >= 15 is 0 Å². The molecule has 0 saturated carbocycles. The van der Waals surface area contributed by atoms with Crippen LogP contribution in [0.5, 0.6) is 0 Å². The molecule has 0 radical (unpaired) electrons. The molecule has 1 atom stereocenters. The Morgan fingerprint density at radius 2 is 2.11 bits per heavy atom. The van der Waals surface area contributed by atoms with Crippen LogP contribution in [0, 0.1) is 0 Å². The first kappa shape index (κ1) is 17.0. The fraction of sp³-hybridized carbons (Fsp3) is 0.263. The van der Waals surface area contributed by atoms with E-state index < -0.39 is 0 Å². The highest BCUT2D eigenvalue weighted by molar-refractivity contribution is 5.92. The molecular formula is C19H18N6O2. The first-order valence-corrected chi connectivity index (χ1v) is 8.78. The molecule has 8 heteroatoms. The maximum absolute atomic E-state index is 12.7. The molecule has 1 saturated heterocycles. The normalized spacial score (nSPS) is 16.9. The first-order chi connectivity index (χ1) is 13.2. The molecule has 0 aliphatic carbocycles. The summed E-state index contributed by atoms with van der Waals surface area (Å²) in [6.45, 7) is 1.18. The first-order valence-electron chi connectivity index (χ1n) is 8.78. The minimum absolute atomic E-state index is 0.0101. The third-order valence-corrected chi connectivity index (χ3v) is 4.58. The zero-order valence-corrected chi connectivity index (χ0v) is 14.6. The molecule has 3 aromatic heterocycles. The van der Waals surface area contributed by atoms with Crippen LogP contribution in [0.3, 0.4) is 0 Å². The van der Waals surface area contributed by atoms with Gasteiger partial charge >= 0.3 is 0 Å². The maximum atomic E-state index is 12.7. The second kappa shape index (κ2) is 7.45. The van der Waals surface area contributed by atoms with E-state index in [0.717, 1.165) is 12.8 Å². The average Bonchev–Trinajstić information content (AvgIpc) is 2.74. The number of carbonyl (C=O) groups excluding carboxylic acids is 1. The number of aromatic nitrogens is 5. The molecule has 4 rings (SSSR count). The van der Waals surface area contributed by atoms with Crippen molar-refractivity contribution in [3.05, 3.63) is 70.8 Å². The number of carbonyl (C=O) groups is 1. The molecule has 0 spiro atoms. The van der Waals surface area contributed by atoms with Gasteiger partial charge in [0.05, 0.1) is 11.9 Å². The summed E-state index contributed by atoms with van der Waals surface area (Å²) in [4.78, 5) is 46.2. The third-order valence-electron chi connectivity index (χ3n) is 4.58. The van der Waals surface area contributed by atoms with Gasteiger partial charge < -0.3 is 9.88 Å². The van der Waals surface area contributed by atoms with Gasteiger partial charge in [-0.2, -0.15) is 0 Å². The standard InChI is InChI=1S/C19H18N6O2/c26-17-10-15(23-18(24-17)16-11-20-7-8-22-16)13-4-3-9-25(12-13)19(27)14-5-1-2-6-21-14/h1-2,5-8,10-11,13H,3-4,9,12H2,(H,23,24,26)/t13-/m0/s1. The summed E-state index contributed by atoms with van der Waals surface area (Å²) in [6.07, 6.45) is 7.99. The Balaban J connectivity index is 1.59. The van der Waals surface area contributed by atoms with E-state index in [2.05, 4.69) is 24.9 Å². The third kappa shape index (κ3) is 3.74. The van der Waals surface area contributed by atoms with E-state index in [0.29, 0.717) is 36.0 Å². The molecule has 0 unspecified atom stereocenters. The minimum atomic E-state index is -0.242. The number of likely N-dealkylation sites (tertiary alicyclic amines) is 1. The number of rotatable bonds is 3. The number of amides is 1. The largest absolute Gasteiger partial charge is 0.337 e. The van der Waals surface area contributed by atoms with Crippen molar-refractivity contribution in [2.75, 3.05) is 13.1 Å².